The topological polar surface area (TPSA) is 30.5 Å². The third-order valence-electron chi connectivity index (χ3n) is 2.59. The van der Waals surface area contributed by atoms with Crippen LogP contribution in [0, 0.1) is 0 Å². The molecule has 16 heavy (non-hydrogen) atoms. The summed E-state index contributed by atoms with van der Waals surface area (Å²) >= 11 is 0. The first-order chi connectivity index (χ1) is 7.70. The molecule has 0 bridgehead atoms. The monoisotopic (exact) mass is 229 g/mol. The Labute approximate surface area is 92.4 Å². The van der Waals surface area contributed by atoms with Crippen molar-refractivity contribution in [2.24, 2.45) is 0 Å². The molecular weight excluding hydrogens is 216 g/mol. The van der Waals surface area contributed by atoms with E-state index in [1.165, 1.54) is 7.11 Å². The van der Waals surface area contributed by atoms with Crippen molar-refractivity contribution in [2.45, 2.75) is 19.6 Å². The summed E-state index contributed by atoms with van der Waals surface area (Å²) in [4.78, 5) is 0. The molecule has 0 saturated heterocycles. The van der Waals surface area contributed by atoms with Crippen molar-refractivity contribution in [3.8, 4) is 11.5 Å². The Hall–Kier alpha value is -1.36. The lowest BCUT2D eigenvalue weighted by molar-refractivity contribution is -0.0512. The largest absolute Gasteiger partial charge is 0.493 e. The minimum Gasteiger partial charge on any atom is -0.493 e. The predicted molar refractivity (Wildman–Crippen MR) is 55.0 cm³/mol. The van der Waals surface area contributed by atoms with Gasteiger partial charge in [0.25, 0.3) is 0 Å². The van der Waals surface area contributed by atoms with Crippen molar-refractivity contribution >= 4 is 0 Å². The maximum Gasteiger partial charge on any atom is 0.387 e. The molecule has 1 aliphatic rings. The second kappa shape index (κ2) is 4.65. The van der Waals surface area contributed by atoms with Gasteiger partial charge in [-0.05, 0) is 36.2 Å². The molecule has 0 aliphatic carbocycles. The molecule has 0 saturated carbocycles. The summed E-state index contributed by atoms with van der Waals surface area (Å²) in [5.74, 6) is 0.459. The summed E-state index contributed by atoms with van der Waals surface area (Å²) in [6.07, 6.45) is 0.876. The van der Waals surface area contributed by atoms with Gasteiger partial charge in [0.1, 0.15) is 0 Å². The molecule has 0 radical (unpaired) electrons. The van der Waals surface area contributed by atoms with E-state index in [0.29, 0.717) is 12.3 Å². The van der Waals surface area contributed by atoms with E-state index in [9.17, 15) is 8.78 Å². The lowest BCUT2D eigenvalue weighted by Crippen LogP contribution is -2.23. The number of nitrogens with one attached hydrogen (secondary N) is 1. The number of methoxy groups -OCH3 is 1. The van der Waals surface area contributed by atoms with Crippen molar-refractivity contribution in [2.75, 3.05) is 13.7 Å². The second-order valence-electron chi connectivity index (χ2n) is 3.58. The van der Waals surface area contributed by atoms with Crippen LogP contribution in [0.25, 0.3) is 0 Å². The van der Waals surface area contributed by atoms with Crippen molar-refractivity contribution in [1.82, 2.24) is 5.32 Å². The Kier molecular flexibility index (Phi) is 3.24. The van der Waals surface area contributed by atoms with Gasteiger partial charge in [0.05, 0.1) is 7.11 Å². The summed E-state index contributed by atoms with van der Waals surface area (Å²) in [6, 6.07) is 3.39. The van der Waals surface area contributed by atoms with E-state index < -0.39 is 6.61 Å². The van der Waals surface area contributed by atoms with Gasteiger partial charge in [0.2, 0.25) is 0 Å². The molecule has 0 atom stereocenters. The van der Waals surface area contributed by atoms with Gasteiger partial charge >= 0.3 is 6.61 Å². The summed E-state index contributed by atoms with van der Waals surface area (Å²) in [5, 5.41) is 3.18. The van der Waals surface area contributed by atoms with Crippen LogP contribution in [-0.2, 0) is 13.0 Å². The van der Waals surface area contributed by atoms with Crippen LogP contribution in [0.1, 0.15) is 11.1 Å². The Balaban J connectivity index is 2.35. The SMILES string of the molecule is COc1cc2c(cc1OC(F)F)CNCC2. The number of hydrogen-bond acceptors (Lipinski definition) is 3. The summed E-state index contributed by atoms with van der Waals surface area (Å²) in [6.45, 7) is -1.26. The second-order valence-corrected chi connectivity index (χ2v) is 3.58. The minimum absolute atomic E-state index is 0.0972. The third kappa shape index (κ3) is 2.24. The van der Waals surface area contributed by atoms with Gasteiger partial charge in [-0.15, -0.1) is 0 Å². The van der Waals surface area contributed by atoms with Gasteiger partial charge in [-0.2, -0.15) is 8.78 Å². The van der Waals surface area contributed by atoms with Crippen molar-refractivity contribution in [1.29, 1.82) is 0 Å². The van der Waals surface area contributed by atoms with E-state index in [4.69, 9.17) is 4.74 Å². The summed E-state index contributed by atoms with van der Waals surface area (Å²) in [7, 11) is 1.45. The van der Waals surface area contributed by atoms with Crippen molar-refractivity contribution in [3.63, 3.8) is 0 Å². The fourth-order valence-electron chi connectivity index (χ4n) is 1.84. The molecular formula is C11H13F2NO2. The lowest BCUT2D eigenvalue weighted by Gasteiger charge is -2.20. The highest BCUT2D eigenvalue weighted by molar-refractivity contribution is 5.48. The highest BCUT2D eigenvalue weighted by Gasteiger charge is 2.16. The molecule has 0 unspecified atom stereocenters. The number of halogens is 2. The van der Waals surface area contributed by atoms with Gasteiger partial charge in [-0.25, -0.2) is 0 Å². The van der Waals surface area contributed by atoms with E-state index in [1.807, 2.05) is 0 Å². The Morgan fingerprint density at radius 1 is 1.25 bits per heavy atom. The van der Waals surface area contributed by atoms with E-state index >= 15 is 0 Å². The van der Waals surface area contributed by atoms with E-state index in [1.54, 1.807) is 12.1 Å². The molecule has 0 fully saturated rings. The highest BCUT2D eigenvalue weighted by atomic mass is 19.3. The van der Waals surface area contributed by atoms with Gasteiger partial charge in [-0.3, -0.25) is 0 Å². The van der Waals surface area contributed by atoms with Crippen LogP contribution < -0.4 is 14.8 Å². The van der Waals surface area contributed by atoms with Crippen LogP contribution >= 0.6 is 0 Å². The van der Waals surface area contributed by atoms with E-state index in [2.05, 4.69) is 10.1 Å². The first-order valence-electron chi connectivity index (χ1n) is 5.06. The van der Waals surface area contributed by atoms with Crippen LogP contribution in [0.5, 0.6) is 11.5 Å². The predicted octanol–water partition coefficient (Wildman–Crippen LogP) is 1.94. The Morgan fingerprint density at radius 3 is 2.69 bits per heavy atom. The van der Waals surface area contributed by atoms with Gasteiger partial charge in [-0.1, -0.05) is 0 Å². The molecule has 1 N–H and O–H groups in total. The number of benzene rings is 1. The van der Waals surface area contributed by atoms with Gasteiger partial charge < -0.3 is 14.8 Å². The number of hydrogen-bond donors (Lipinski definition) is 1. The number of alkyl halides is 2. The zero-order valence-corrected chi connectivity index (χ0v) is 8.93. The maximum atomic E-state index is 12.2. The van der Waals surface area contributed by atoms with Crippen LogP contribution in [0.3, 0.4) is 0 Å². The quantitative estimate of drug-likeness (QED) is 0.859. The Morgan fingerprint density at radius 2 is 2.00 bits per heavy atom. The molecule has 3 nitrogen and oxygen atoms in total. The molecule has 0 aromatic heterocycles. The average Bonchev–Trinajstić information content (AvgIpc) is 2.27. The van der Waals surface area contributed by atoms with E-state index in [-0.39, 0.29) is 5.75 Å². The fourth-order valence-corrected chi connectivity index (χ4v) is 1.84. The first-order valence-corrected chi connectivity index (χ1v) is 5.06. The number of fused-ring (bicyclic) bond motifs is 1. The third-order valence-corrected chi connectivity index (χ3v) is 2.59. The van der Waals surface area contributed by atoms with Crippen LogP contribution in [0.4, 0.5) is 8.78 Å². The van der Waals surface area contributed by atoms with Crippen molar-refractivity contribution in [3.05, 3.63) is 23.3 Å². The lowest BCUT2D eigenvalue weighted by atomic mass is 10.0. The average molecular weight is 229 g/mol. The molecule has 2 rings (SSSR count). The Bertz CT molecular complexity index is 382. The van der Waals surface area contributed by atoms with Crippen molar-refractivity contribution < 1.29 is 18.3 Å². The smallest absolute Gasteiger partial charge is 0.387 e. The molecule has 88 valence electrons. The highest BCUT2D eigenvalue weighted by Crippen LogP contribution is 2.33. The van der Waals surface area contributed by atoms with Crippen LogP contribution in [0.15, 0.2) is 12.1 Å². The molecule has 0 amide bonds. The normalized spacial score (nSPS) is 14.8. The number of ether oxygens (including phenoxy) is 2. The van der Waals surface area contributed by atoms with E-state index in [0.717, 1.165) is 24.1 Å². The molecule has 1 aliphatic heterocycles. The van der Waals surface area contributed by atoms with Crippen LogP contribution in [0.2, 0.25) is 0 Å². The maximum absolute atomic E-state index is 12.2. The summed E-state index contributed by atoms with van der Waals surface area (Å²) in [5.41, 5.74) is 2.11. The fraction of sp³-hybridized carbons (Fsp3) is 0.455. The molecule has 1 aromatic carbocycles. The number of rotatable bonds is 3. The molecule has 1 heterocycles. The molecule has 5 heteroatoms. The zero-order valence-electron chi connectivity index (χ0n) is 8.93. The standard InChI is InChI=1S/C11H13F2NO2/c1-15-9-4-7-2-3-14-6-8(7)5-10(9)16-11(12)13/h4-5,11,14H,2-3,6H2,1H3. The van der Waals surface area contributed by atoms with Gasteiger partial charge in [0.15, 0.2) is 11.5 Å². The minimum atomic E-state index is -2.83. The first kappa shape index (κ1) is 11.1. The van der Waals surface area contributed by atoms with Gasteiger partial charge in [0, 0.05) is 6.54 Å². The van der Waals surface area contributed by atoms with Crippen LogP contribution in [-0.4, -0.2) is 20.3 Å². The zero-order chi connectivity index (χ0) is 11.5. The molecule has 1 aromatic rings. The summed E-state index contributed by atoms with van der Waals surface area (Å²) < 4.78 is 33.8. The molecule has 0 spiro atoms.